The van der Waals surface area contributed by atoms with Crippen LogP contribution >= 0.6 is 23.1 Å². The van der Waals surface area contributed by atoms with Crippen LogP contribution in [-0.2, 0) is 0 Å². The molecule has 6 nitrogen and oxygen atoms in total. The molecule has 94 valence electrons. The fraction of sp³-hybridized carbons (Fsp3) is 0.200. The van der Waals surface area contributed by atoms with Crippen molar-refractivity contribution >= 4 is 34.1 Å². The van der Waals surface area contributed by atoms with Gasteiger partial charge in [0.1, 0.15) is 11.5 Å². The van der Waals surface area contributed by atoms with E-state index in [9.17, 15) is 0 Å². The Morgan fingerprint density at radius 3 is 2.67 bits per heavy atom. The maximum atomic E-state index is 7.26. The molecule has 2 aromatic heterocycles. The second-order valence-electron chi connectivity index (χ2n) is 3.64. The summed E-state index contributed by atoms with van der Waals surface area (Å²) in [6, 6.07) is 3.59. The van der Waals surface area contributed by atoms with Crippen molar-refractivity contribution < 1.29 is 0 Å². The molecule has 0 amide bonds. The van der Waals surface area contributed by atoms with Crippen LogP contribution in [0.25, 0.3) is 0 Å². The molecule has 0 radical (unpaired) electrons. The van der Waals surface area contributed by atoms with Crippen molar-refractivity contribution in [3.8, 4) is 0 Å². The Bertz CT molecular complexity index is 548. The van der Waals surface area contributed by atoms with Crippen molar-refractivity contribution in [1.82, 2.24) is 15.2 Å². The first-order chi connectivity index (χ1) is 8.56. The number of amidine groups is 1. The summed E-state index contributed by atoms with van der Waals surface area (Å²) < 4.78 is 0.857. The minimum Gasteiger partial charge on any atom is -0.382 e. The first-order valence-corrected chi connectivity index (χ1v) is 6.68. The van der Waals surface area contributed by atoms with E-state index in [0.717, 1.165) is 14.4 Å². The third-order valence-corrected chi connectivity index (χ3v) is 4.11. The van der Waals surface area contributed by atoms with E-state index >= 15 is 0 Å². The van der Waals surface area contributed by atoms with Gasteiger partial charge in [0.25, 0.3) is 0 Å². The minimum atomic E-state index is -0.0302. The zero-order valence-corrected chi connectivity index (χ0v) is 11.5. The van der Waals surface area contributed by atoms with E-state index < -0.39 is 0 Å². The van der Waals surface area contributed by atoms with Gasteiger partial charge in [0.15, 0.2) is 4.34 Å². The Hall–Kier alpha value is -1.67. The quantitative estimate of drug-likeness (QED) is 0.650. The Kier molecular flexibility index (Phi) is 3.78. The van der Waals surface area contributed by atoms with Crippen molar-refractivity contribution in [3.63, 3.8) is 0 Å². The molecule has 2 heterocycles. The lowest BCUT2D eigenvalue weighted by Crippen LogP contribution is -2.12. The third kappa shape index (κ3) is 2.96. The summed E-state index contributed by atoms with van der Waals surface area (Å²) in [5, 5.41) is 16.3. The number of pyridine rings is 1. The summed E-state index contributed by atoms with van der Waals surface area (Å²) >= 11 is 3.01. The lowest BCUT2D eigenvalue weighted by Gasteiger charge is -2.03. The molecule has 0 bridgehead atoms. The number of aromatic nitrogens is 3. The van der Waals surface area contributed by atoms with Gasteiger partial charge in [0.05, 0.1) is 0 Å². The van der Waals surface area contributed by atoms with Crippen LogP contribution in [0.2, 0.25) is 0 Å². The van der Waals surface area contributed by atoms with E-state index in [2.05, 4.69) is 15.2 Å². The molecule has 3 N–H and O–H groups in total. The van der Waals surface area contributed by atoms with Gasteiger partial charge in [-0.15, -0.1) is 10.2 Å². The molecule has 2 rings (SSSR count). The highest BCUT2D eigenvalue weighted by Crippen LogP contribution is 2.32. The predicted molar refractivity (Wildman–Crippen MR) is 73.6 cm³/mol. The molecule has 0 spiro atoms. The maximum absolute atomic E-state index is 7.26. The van der Waals surface area contributed by atoms with Gasteiger partial charge in [-0.2, -0.15) is 0 Å². The number of nitrogen functional groups attached to an aromatic ring is 1. The lowest BCUT2D eigenvalue weighted by molar-refractivity contribution is 0.972. The number of hydrogen-bond donors (Lipinski definition) is 2. The number of nitrogens with two attached hydrogens (primary N) is 1. The van der Waals surface area contributed by atoms with E-state index in [4.69, 9.17) is 11.1 Å². The van der Waals surface area contributed by atoms with Crippen LogP contribution in [0.5, 0.6) is 0 Å². The molecular formula is C10H12N6S2. The highest BCUT2D eigenvalue weighted by atomic mass is 32.2. The van der Waals surface area contributed by atoms with Gasteiger partial charge in [0, 0.05) is 25.2 Å². The van der Waals surface area contributed by atoms with Crippen molar-refractivity contribution in [2.75, 3.05) is 19.0 Å². The van der Waals surface area contributed by atoms with E-state index in [1.165, 1.54) is 23.1 Å². The third-order valence-electron chi connectivity index (χ3n) is 2.00. The Morgan fingerprint density at radius 2 is 2.17 bits per heavy atom. The largest absolute Gasteiger partial charge is 0.382 e. The van der Waals surface area contributed by atoms with Crippen LogP contribution in [0.3, 0.4) is 0 Å². The van der Waals surface area contributed by atoms with Gasteiger partial charge >= 0.3 is 0 Å². The zero-order chi connectivity index (χ0) is 13.1. The van der Waals surface area contributed by atoms with Crippen LogP contribution in [-0.4, -0.2) is 35.1 Å². The highest BCUT2D eigenvalue weighted by Gasteiger charge is 2.08. The van der Waals surface area contributed by atoms with E-state index in [1.807, 2.05) is 25.1 Å². The van der Waals surface area contributed by atoms with Crippen LogP contribution in [0.15, 0.2) is 27.6 Å². The lowest BCUT2D eigenvalue weighted by atomic mass is 10.3. The van der Waals surface area contributed by atoms with Gasteiger partial charge in [-0.1, -0.05) is 23.1 Å². The minimum absolute atomic E-state index is 0.0302. The van der Waals surface area contributed by atoms with Crippen molar-refractivity contribution in [2.24, 2.45) is 5.73 Å². The normalized spacial score (nSPS) is 10.3. The summed E-state index contributed by atoms with van der Waals surface area (Å²) in [6.07, 6.45) is 1.68. The highest BCUT2D eigenvalue weighted by molar-refractivity contribution is 8.01. The topological polar surface area (TPSA) is 91.8 Å². The van der Waals surface area contributed by atoms with Crippen molar-refractivity contribution in [3.05, 3.63) is 24.0 Å². The smallest absolute Gasteiger partial charge is 0.208 e. The zero-order valence-electron chi connectivity index (χ0n) is 9.91. The molecule has 0 aromatic carbocycles. The molecule has 0 atom stereocenters. The first kappa shape index (κ1) is 12.8. The van der Waals surface area contributed by atoms with E-state index in [0.29, 0.717) is 5.69 Å². The number of nitrogens with zero attached hydrogens (tertiary/aromatic N) is 4. The van der Waals surface area contributed by atoms with E-state index in [1.54, 1.807) is 12.3 Å². The average Bonchev–Trinajstić information content (AvgIpc) is 2.78. The van der Waals surface area contributed by atoms with Gasteiger partial charge in [-0.05, 0) is 12.1 Å². The second-order valence-corrected chi connectivity index (χ2v) is 5.92. The number of nitrogens with one attached hydrogen (secondary N) is 1. The van der Waals surface area contributed by atoms with Crippen LogP contribution in [0.1, 0.15) is 5.69 Å². The average molecular weight is 280 g/mol. The molecular weight excluding hydrogens is 268 g/mol. The Morgan fingerprint density at radius 1 is 1.39 bits per heavy atom. The van der Waals surface area contributed by atoms with Crippen LogP contribution in [0.4, 0.5) is 5.13 Å². The van der Waals surface area contributed by atoms with Gasteiger partial charge < -0.3 is 10.6 Å². The predicted octanol–water partition coefficient (Wildman–Crippen LogP) is 1.43. The summed E-state index contributed by atoms with van der Waals surface area (Å²) in [6.45, 7) is 0. The molecule has 0 aliphatic rings. The summed E-state index contributed by atoms with van der Waals surface area (Å²) in [5.74, 6) is -0.0302. The summed E-state index contributed by atoms with van der Waals surface area (Å²) in [4.78, 5) is 6.95. The monoisotopic (exact) mass is 280 g/mol. The van der Waals surface area contributed by atoms with Crippen LogP contribution in [0, 0.1) is 5.41 Å². The van der Waals surface area contributed by atoms with Crippen molar-refractivity contribution in [1.29, 1.82) is 5.41 Å². The van der Waals surface area contributed by atoms with Crippen molar-refractivity contribution in [2.45, 2.75) is 9.24 Å². The molecule has 8 heteroatoms. The summed E-state index contributed by atoms with van der Waals surface area (Å²) in [5.41, 5.74) is 5.82. The standard InChI is InChI=1S/C10H12N6S2/c1-16(2)9-14-15-10(18-9)17-6-3-4-7(8(11)12)13-5-6/h3-5H,1-2H3,(H3,11,12). The first-order valence-electron chi connectivity index (χ1n) is 5.05. The molecule has 18 heavy (non-hydrogen) atoms. The second kappa shape index (κ2) is 5.32. The van der Waals surface area contributed by atoms with Gasteiger partial charge in [-0.3, -0.25) is 10.4 Å². The number of rotatable bonds is 4. The molecule has 0 unspecified atom stereocenters. The molecule has 0 aliphatic carbocycles. The fourth-order valence-corrected chi connectivity index (χ4v) is 2.83. The number of hydrogen-bond acceptors (Lipinski definition) is 7. The van der Waals surface area contributed by atoms with Gasteiger partial charge in [-0.25, -0.2) is 0 Å². The maximum Gasteiger partial charge on any atom is 0.208 e. The number of anilines is 1. The molecule has 0 fully saturated rings. The molecule has 0 aliphatic heterocycles. The molecule has 0 saturated heterocycles. The van der Waals surface area contributed by atoms with Crippen LogP contribution < -0.4 is 10.6 Å². The van der Waals surface area contributed by atoms with Gasteiger partial charge in [0.2, 0.25) is 5.13 Å². The van der Waals surface area contributed by atoms with E-state index in [-0.39, 0.29) is 5.84 Å². The molecule has 2 aromatic rings. The Labute approximate surface area is 113 Å². The fourth-order valence-electron chi connectivity index (χ4n) is 1.13. The summed E-state index contributed by atoms with van der Waals surface area (Å²) in [7, 11) is 3.86. The SMILES string of the molecule is CN(C)c1nnc(Sc2ccc(C(=N)N)nc2)s1. The Balaban J connectivity index is 2.10. The molecule has 0 saturated carbocycles.